The molecule has 2 aromatic carbocycles. The molecule has 0 aliphatic carbocycles. The number of carbonyl (C=O) groups excluding carboxylic acids is 1. The maximum Gasteiger partial charge on any atom is 0.267 e. The lowest BCUT2D eigenvalue weighted by Crippen LogP contribution is -2.49. The van der Waals surface area contributed by atoms with Crippen LogP contribution in [0.3, 0.4) is 0 Å². The molecule has 172 valence electrons. The van der Waals surface area contributed by atoms with E-state index in [2.05, 4.69) is 27.5 Å². The zero-order valence-electron chi connectivity index (χ0n) is 18.7. The molecule has 0 spiro atoms. The first-order valence-corrected chi connectivity index (χ1v) is 12.2. The van der Waals surface area contributed by atoms with Crippen molar-refractivity contribution in [2.75, 3.05) is 26.2 Å². The molecule has 7 nitrogen and oxygen atoms in total. The summed E-state index contributed by atoms with van der Waals surface area (Å²) >= 11 is 1.66. The van der Waals surface area contributed by atoms with E-state index in [4.69, 9.17) is 4.98 Å². The number of carbonyl (C=O) groups is 1. The molecule has 3 heterocycles. The normalized spacial score (nSPS) is 14.3. The van der Waals surface area contributed by atoms with Gasteiger partial charge in [-0.05, 0) is 6.07 Å². The molecule has 0 unspecified atom stereocenters. The van der Waals surface area contributed by atoms with Crippen LogP contribution in [-0.2, 0) is 17.9 Å². The Labute approximate surface area is 201 Å². The molecule has 1 fully saturated rings. The molecule has 1 amide bonds. The number of hydrogen-bond donors (Lipinski definition) is 0. The van der Waals surface area contributed by atoms with Crippen molar-refractivity contribution >= 4 is 17.2 Å². The number of rotatable bonds is 6. The van der Waals surface area contributed by atoms with Crippen LogP contribution in [0.15, 0.2) is 83.0 Å². The Balaban J connectivity index is 1.17. The second-order valence-electron chi connectivity index (χ2n) is 8.25. The summed E-state index contributed by atoms with van der Waals surface area (Å²) in [4.78, 5) is 34.1. The first-order chi connectivity index (χ1) is 16.7. The highest BCUT2D eigenvalue weighted by molar-refractivity contribution is 7.13. The highest BCUT2D eigenvalue weighted by Crippen LogP contribution is 2.24. The SMILES string of the molecule is O=C(Cn1nc(-c2ccccc2)ccc1=O)N1CCN(Cc2csc(-c3ccccc3)n2)CC1. The Morgan fingerprint density at radius 2 is 1.53 bits per heavy atom. The molecule has 0 atom stereocenters. The molecule has 1 saturated heterocycles. The summed E-state index contributed by atoms with van der Waals surface area (Å²) in [5.41, 5.74) is 3.50. The molecule has 1 aliphatic rings. The zero-order chi connectivity index (χ0) is 23.3. The second-order valence-corrected chi connectivity index (χ2v) is 9.11. The van der Waals surface area contributed by atoms with Crippen molar-refractivity contribution in [1.82, 2.24) is 24.6 Å². The van der Waals surface area contributed by atoms with Gasteiger partial charge < -0.3 is 4.90 Å². The fraction of sp³-hybridized carbons (Fsp3) is 0.231. The first kappa shape index (κ1) is 22.2. The van der Waals surface area contributed by atoms with E-state index < -0.39 is 0 Å². The third-order valence-electron chi connectivity index (χ3n) is 5.90. The number of aromatic nitrogens is 3. The lowest BCUT2D eigenvalue weighted by molar-refractivity contribution is -0.133. The third kappa shape index (κ3) is 5.13. The smallest absolute Gasteiger partial charge is 0.267 e. The standard InChI is InChI=1S/C26H25N5O2S/c32-24-12-11-23(20-7-3-1-4-8-20)28-31(24)18-25(33)30-15-13-29(14-16-30)17-22-19-34-26(27-22)21-9-5-2-6-10-21/h1-12,19H,13-18H2. The van der Waals surface area contributed by atoms with Crippen molar-refractivity contribution in [1.29, 1.82) is 0 Å². The molecule has 4 aromatic rings. The van der Waals surface area contributed by atoms with Gasteiger partial charge in [-0.1, -0.05) is 60.7 Å². The van der Waals surface area contributed by atoms with Crippen LogP contribution in [-0.4, -0.2) is 56.7 Å². The van der Waals surface area contributed by atoms with Crippen LogP contribution in [0, 0.1) is 0 Å². The summed E-state index contributed by atoms with van der Waals surface area (Å²) in [5, 5.41) is 7.55. The van der Waals surface area contributed by atoms with Crippen molar-refractivity contribution in [3.8, 4) is 21.8 Å². The molecule has 0 saturated carbocycles. The Kier molecular flexibility index (Phi) is 6.60. The Bertz CT molecular complexity index is 1310. The van der Waals surface area contributed by atoms with Crippen molar-refractivity contribution in [3.05, 3.63) is 94.2 Å². The molecular formula is C26H25N5O2S. The fourth-order valence-electron chi connectivity index (χ4n) is 4.03. The largest absolute Gasteiger partial charge is 0.339 e. The van der Waals surface area contributed by atoms with Crippen LogP contribution < -0.4 is 5.56 Å². The molecule has 34 heavy (non-hydrogen) atoms. The van der Waals surface area contributed by atoms with Crippen molar-refractivity contribution in [3.63, 3.8) is 0 Å². The van der Waals surface area contributed by atoms with Gasteiger partial charge in [-0.2, -0.15) is 5.10 Å². The summed E-state index contributed by atoms with van der Waals surface area (Å²) in [6, 6.07) is 23.0. The Morgan fingerprint density at radius 3 is 2.24 bits per heavy atom. The predicted octanol–water partition coefficient (Wildman–Crippen LogP) is 3.38. The van der Waals surface area contributed by atoms with Gasteiger partial charge in [0.05, 0.1) is 11.4 Å². The van der Waals surface area contributed by atoms with Gasteiger partial charge in [0.1, 0.15) is 11.6 Å². The average molecular weight is 472 g/mol. The van der Waals surface area contributed by atoms with Gasteiger partial charge in [0.2, 0.25) is 5.91 Å². The van der Waals surface area contributed by atoms with E-state index in [0.29, 0.717) is 18.8 Å². The number of benzene rings is 2. The maximum atomic E-state index is 12.9. The van der Waals surface area contributed by atoms with E-state index in [1.165, 1.54) is 10.7 Å². The van der Waals surface area contributed by atoms with E-state index in [1.807, 2.05) is 53.4 Å². The van der Waals surface area contributed by atoms with E-state index in [-0.39, 0.29) is 18.0 Å². The van der Waals surface area contributed by atoms with Gasteiger partial charge in [0.15, 0.2) is 0 Å². The van der Waals surface area contributed by atoms with Crippen LogP contribution in [0.5, 0.6) is 0 Å². The van der Waals surface area contributed by atoms with Crippen LogP contribution >= 0.6 is 11.3 Å². The molecule has 0 bridgehead atoms. The molecule has 8 heteroatoms. The lowest BCUT2D eigenvalue weighted by Gasteiger charge is -2.34. The number of amides is 1. The Hall–Kier alpha value is -3.62. The highest BCUT2D eigenvalue weighted by atomic mass is 32.1. The third-order valence-corrected chi connectivity index (χ3v) is 6.84. The monoisotopic (exact) mass is 471 g/mol. The Morgan fingerprint density at radius 1 is 0.853 bits per heavy atom. The van der Waals surface area contributed by atoms with Gasteiger partial charge in [0.25, 0.3) is 5.56 Å². The van der Waals surface area contributed by atoms with Gasteiger partial charge in [0, 0.05) is 55.3 Å². The molecule has 0 N–H and O–H groups in total. The van der Waals surface area contributed by atoms with Gasteiger partial charge in [-0.15, -0.1) is 11.3 Å². The second kappa shape index (κ2) is 10.1. The summed E-state index contributed by atoms with van der Waals surface area (Å²) < 4.78 is 1.26. The summed E-state index contributed by atoms with van der Waals surface area (Å²) in [5.74, 6) is -0.0838. The van der Waals surface area contributed by atoms with Gasteiger partial charge in [-0.3, -0.25) is 14.5 Å². The fourth-order valence-corrected chi connectivity index (χ4v) is 4.85. The molecule has 0 radical (unpaired) electrons. The number of nitrogens with zero attached hydrogens (tertiary/aromatic N) is 5. The summed E-state index contributed by atoms with van der Waals surface area (Å²) in [7, 11) is 0. The molecule has 5 rings (SSSR count). The quantitative estimate of drug-likeness (QED) is 0.431. The van der Waals surface area contributed by atoms with Gasteiger partial charge >= 0.3 is 0 Å². The topological polar surface area (TPSA) is 71.3 Å². The number of piperazine rings is 1. The van der Waals surface area contributed by atoms with E-state index >= 15 is 0 Å². The molecule has 2 aromatic heterocycles. The zero-order valence-corrected chi connectivity index (χ0v) is 19.5. The van der Waals surface area contributed by atoms with Crippen LogP contribution in [0.25, 0.3) is 21.8 Å². The van der Waals surface area contributed by atoms with E-state index in [9.17, 15) is 9.59 Å². The number of hydrogen-bond acceptors (Lipinski definition) is 6. The van der Waals surface area contributed by atoms with Crippen molar-refractivity contribution in [2.24, 2.45) is 0 Å². The van der Waals surface area contributed by atoms with E-state index in [0.717, 1.165) is 41.5 Å². The van der Waals surface area contributed by atoms with E-state index in [1.54, 1.807) is 17.4 Å². The molecule has 1 aliphatic heterocycles. The van der Waals surface area contributed by atoms with Crippen molar-refractivity contribution in [2.45, 2.75) is 13.1 Å². The lowest BCUT2D eigenvalue weighted by atomic mass is 10.1. The predicted molar refractivity (Wildman–Crippen MR) is 133 cm³/mol. The van der Waals surface area contributed by atoms with Crippen LogP contribution in [0.2, 0.25) is 0 Å². The minimum Gasteiger partial charge on any atom is -0.339 e. The molecular weight excluding hydrogens is 446 g/mol. The summed E-state index contributed by atoms with van der Waals surface area (Å²) in [6.45, 7) is 3.52. The first-order valence-electron chi connectivity index (χ1n) is 11.3. The number of thiazole rings is 1. The minimum absolute atomic E-state index is 0.0496. The van der Waals surface area contributed by atoms with Crippen LogP contribution in [0.4, 0.5) is 0 Å². The van der Waals surface area contributed by atoms with Crippen molar-refractivity contribution < 1.29 is 4.79 Å². The summed E-state index contributed by atoms with van der Waals surface area (Å²) in [6.07, 6.45) is 0. The minimum atomic E-state index is -0.274. The van der Waals surface area contributed by atoms with Gasteiger partial charge in [-0.25, -0.2) is 9.67 Å². The van der Waals surface area contributed by atoms with Crippen LogP contribution in [0.1, 0.15) is 5.69 Å². The maximum absolute atomic E-state index is 12.9. The average Bonchev–Trinajstić information content (AvgIpc) is 3.35. The highest BCUT2D eigenvalue weighted by Gasteiger charge is 2.22.